The molecule has 0 aromatic carbocycles. The zero-order valence-corrected chi connectivity index (χ0v) is 22.2. The minimum Gasteiger partial charge on any atom is -0.460 e. The summed E-state index contributed by atoms with van der Waals surface area (Å²) < 4.78 is 15.5. The second kappa shape index (κ2) is 14.0. The lowest BCUT2D eigenvalue weighted by molar-refractivity contribution is 0.0488. The Morgan fingerprint density at radius 3 is 1.79 bits per heavy atom. The van der Waals surface area contributed by atoms with Crippen LogP contribution in [0.5, 0.6) is 0 Å². The van der Waals surface area contributed by atoms with E-state index in [1.807, 2.05) is 0 Å². The van der Waals surface area contributed by atoms with Gasteiger partial charge in [0.15, 0.2) is 28.7 Å². The zero-order valence-electron chi connectivity index (χ0n) is 22.2. The van der Waals surface area contributed by atoms with Crippen molar-refractivity contribution in [2.24, 2.45) is 5.73 Å². The Labute approximate surface area is 236 Å². The summed E-state index contributed by atoms with van der Waals surface area (Å²) in [7, 11) is 0. The molecule has 0 radical (unpaired) electrons. The molecule has 0 aliphatic carbocycles. The van der Waals surface area contributed by atoms with Crippen LogP contribution in [0.4, 0.5) is 11.6 Å². The summed E-state index contributed by atoms with van der Waals surface area (Å²) in [4.78, 5) is 52.7. The van der Waals surface area contributed by atoms with Gasteiger partial charge in [-0.15, -0.1) is 0 Å². The maximum atomic E-state index is 11.5. The number of nitrogens with one attached hydrogen (secondary N) is 4. The Hall–Kier alpha value is -5.88. The first-order valence-corrected chi connectivity index (χ1v) is 11.9. The number of primary amides is 1. The molecule has 1 amide bonds. The molecule has 6 rings (SSSR count). The van der Waals surface area contributed by atoms with Crippen molar-refractivity contribution >= 4 is 45.8 Å². The Morgan fingerprint density at radius 1 is 0.810 bits per heavy atom. The molecule has 0 fully saturated rings. The highest BCUT2D eigenvalue weighted by Gasteiger charge is 2.13. The molecule has 18 nitrogen and oxygen atoms in total. The third-order valence-corrected chi connectivity index (χ3v) is 5.35. The summed E-state index contributed by atoms with van der Waals surface area (Å²) in [5.41, 5.74) is 7.70. The smallest absolute Gasteiger partial charge is 0.374 e. The van der Waals surface area contributed by atoms with Gasteiger partial charge < -0.3 is 51.5 Å². The van der Waals surface area contributed by atoms with Gasteiger partial charge in [-0.3, -0.25) is 4.79 Å². The summed E-state index contributed by atoms with van der Waals surface area (Å²) in [6.45, 7) is 2.81. The lowest BCUT2D eigenvalue weighted by Gasteiger charge is -2.03. The van der Waals surface area contributed by atoms with Crippen LogP contribution >= 0.6 is 0 Å². The van der Waals surface area contributed by atoms with E-state index >= 15 is 0 Å². The van der Waals surface area contributed by atoms with Crippen LogP contribution in [0.25, 0.3) is 22.3 Å². The van der Waals surface area contributed by atoms with Crippen molar-refractivity contribution in [1.29, 1.82) is 0 Å². The largest absolute Gasteiger partial charge is 0.460 e. The number of anilines is 2. The average molecular weight is 581 g/mol. The van der Waals surface area contributed by atoms with E-state index < -0.39 is 11.9 Å². The second-order valence-electron chi connectivity index (χ2n) is 7.97. The van der Waals surface area contributed by atoms with E-state index in [1.165, 1.54) is 18.7 Å². The summed E-state index contributed by atoms with van der Waals surface area (Å²) in [6, 6.07) is 6.51. The van der Waals surface area contributed by atoms with Crippen LogP contribution in [-0.2, 0) is 17.8 Å². The number of furan rings is 2. The third kappa shape index (κ3) is 7.00. The number of nitrogens with two attached hydrogens (primary N) is 1. The van der Waals surface area contributed by atoms with Crippen LogP contribution in [0.3, 0.4) is 0 Å². The van der Waals surface area contributed by atoms with Crippen molar-refractivity contribution < 1.29 is 28.6 Å². The molecule has 6 heterocycles. The number of amides is 1. The number of imidazole rings is 2. The molecule has 0 atom stereocenters. The van der Waals surface area contributed by atoms with Gasteiger partial charge in [-0.2, -0.15) is 0 Å². The molecule has 42 heavy (non-hydrogen) atoms. The number of carbonyl (C=O) groups excluding carboxylic acids is 2. The molecule has 0 bridgehead atoms. The first-order valence-electron chi connectivity index (χ1n) is 11.9. The number of fused-ring (bicyclic) bond motifs is 2. The number of aromatic amines is 2. The van der Waals surface area contributed by atoms with Crippen LogP contribution in [0.15, 0.2) is 58.4 Å². The monoisotopic (exact) mass is 580 g/mol. The van der Waals surface area contributed by atoms with E-state index in [0.717, 1.165) is 5.52 Å². The van der Waals surface area contributed by atoms with Crippen molar-refractivity contribution in [3.63, 3.8) is 0 Å². The minimum atomic E-state index is -0.593. The molecule has 0 aliphatic heterocycles. The van der Waals surface area contributed by atoms with Crippen molar-refractivity contribution in [1.82, 2.24) is 46.0 Å². The van der Waals surface area contributed by atoms with Gasteiger partial charge >= 0.3 is 5.97 Å². The van der Waals surface area contributed by atoms with Gasteiger partial charge in [-0.25, -0.2) is 34.7 Å². The van der Waals surface area contributed by atoms with Crippen molar-refractivity contribution in [2.75, 3.05) is 17.2 Å². The van der Waals surface area contributed by atoms with Gasteiger partial charge in [0.25, 0.3) is 5.91 Å². The minimum absolute atomic E-state index is 0. The highest BCUT2D eigenvalue weighted by Crippen LogP contribution is 2.18. The van der Waals surface area contributed by atoms with Gasteiger partial charge in [0, 0.05) is 0 Å². The molecule has 6 aromatic heterocycles. The number of ether oxygens (including phenoxy) is 1. The van der Waals surface area contributed by atoms with Crippen molar-refractivity contribution in [3.05, 3.63) is 72.6 Å². The molecule has 11 N–H and O–H groups in total. The quantitative estimate of drug-likeness (QED) is 0.133. The maximum Gasteiger partial charge on any atom is 0.374 e. The molecule has 0 unspecified atom stereocenters. The number of rotatable bonds is 9. The maximum absolute atomic E-state index is 11.5. The molecule has 18 heteroatoms. The first-order chi connectivity index (χ1) is 19.5. The van der Waals surface area contributed by atoms with Gasteiger partial charge in [0.05, 0.1) is 32.4 Å². The Bertz CT molecular complexity index is 1760. The fourth-order valence-electron chi connectivity index (χ4n) is 3.53. The van der Waals surface area contributed by atoms with E-state index in [2.05, 4.69) is 50.5 Å². The Kier molecular flexibility index (Phi) is 10.2. The lowest BCUT2D eigenvalue weighted by Crippen LogP contribution is -2.09. The van der Waals surface area contributed by atoms with Gasteiger partial charge in [0.2, 0.25) is 5.76 Å². The first kappa shape index (κ1) is 30.7. The molecule has 220 valence electrons. The van der Waals surface area contributed by atoms with Crippen molar-refractivity contribution in [2.45, 2.75) is 20.0 Å². The van der Waals surface area contributed by atoms with Crippen LogP contribution in [0.1, 0.15) is 39.6 Å². The summed E-state index contributed by atoms with van der Waals surface area (Å²) in [6.07, 6.45) is 5.94. The van der Waals surface area contributed by atoms with Crippen LogP contribution in [-0.4, -0.2) is 63.8 Å². The Balaban J connectivity index is 0.000000221. The standard InChI is InChI=1S/C13H13N5O3.C11H10N6O2.H3N.H2O/c1-2-20-13(19)9-4-3-8(21-9)5-14-11-10-12(16-6-15-10)18-7-17-11;12-9(18)7-2-1-6(19-7)3-13-10-8-11(15-4-14-8)17-5-16-10;;/h3-4,6-7H,2,5H2,1H3,(H2,14,15,16,17,18);1-2,4-5H,3H2,(H2,12,18)(H2,13,14,15,16,17);1H3;1H2. The van der Waals surface area contributed by atoms with E-state index in [1.54, 1.807) is 37.8 Å². The fourth-order valence-corrected chi connectivity index (χ4v) is 3.53. The number of aromatic nitrogens is 8. The fraction of sp³-hybridized carbons (Fsp3) is 0.167. The highest BCUT2D eigenvalue weighted by molar-refractivity contribution is 5.90. The van der Waals surface area contributed by atoms with Crippen LogP contribution in [0, 0.1) is 0 Å². The second-order valence-corrected chi connectivity index (χ2v) is 7.97. The van der Waals surface area contributed by atoms with Crippen molar-refractivity contribution in [3.8, 4) is 0 Å². The topological polar surface area (TPSA) is 295 Å². The summed E-state index contributed by atoms with van der Waals surface area (Å²) in [5.74, 6) is 1.66. The normalized spacial score (nSPS) is 10.2. The zero-order chi connectivity index (χ0) is 27.9. The van der Waals surface area contributed by atoms with Gasteiger partial charge in [0.1, 0.15) is 35.2 Å². The number of carbonyl (C=O) groups is 2. The number of nitrogens with zero attached hydrogens (tertiary/aromatic N) is 6. The molecular weight excluding hydrogens is 552 g/mol. The lowest BCUT2D eigenvalue weighted by atomic mass is 10.4. The van der Waals surface area contributed by atoms with Crippen LogP contribution in [0.2, 0.25) is 0 Å². The Morgan fingerprint density at radius 2 is 1.31 bits per heavy atom. The predicted octanol–water partition coefficient (Wildman–Crippen LogP) is 1.73. The summed E-state index contributed by atoms with van der Waals surface area (Å²) in [5, 5.41) is 6.18. The molecule has 6 aromatic rings. The molecule has 0 saturated heterocycles. The van der Waals surface area contributed by atoms with Gasteiger partial charge in [-0.1, -0.05) is 0 Å². The van der Waals surface area contributed by atoms with E-state index in [-0.39, 0.29) is 23.1 Å². The molecular formula is C24H28N12O6. The van der Waals surface area contributed by atoms with Crippen LogP contribution < -0.4 is 22.5 Å². The van der Waals surface area contributed by atoms with E-state index in [9.17, 15) is 9.59 Å². The third-order valence-electron chi connectivity index (χ3n) is 5.35. The number of esters is 1. The van der Waals surface area contributed by atoms with E-state index in [0.29, 0.717) is 59.7 Å². The number of hydrogen-bond donors (Lipinski definition) is 6. The number of hydrogen-bond acceptors (Lipinski definition) is 14. The molecule has 0 aliphatic rings. The molecule has 0 saturated carbocycles. The molecule has 0 spiro atoms. The number of H-pyrrole nitrogens is 2. The van der Waals surface area contributed by atoms with Gasteiger partial charge in [-0.05, 0) is 31.2 Å². The average Bonchev–Trinajstić information content (AvgIpc) is 3.78. The summed E-state index contributed by atoms with van der Waals surface area (Å²) >= 11 is 0. The predicted molar refractivity (Wildman–Crippen MR) is 149 cm³/mol. The SMILES string of the molecule is CCOC(=O)c1ccc(CNc2ncnc3nc[nH]c23)o1.N.NC(=O)c1ccc(CNc2ncnc3nc[nH]c23)o1.O. The highest BCUT2D eigenvalue weighted by atomic mass is 16.5. The van der Waals surface area contributed by atoms with E-state index in [4.69, 9.17) is 19.3 Å².